The van der Waals surface area contributed by atoms with Gasteiger partial charge in [0.2, 0.25) is 0 Å². The molecule has 0 nitrogen and oxygen atoms in total. The lowest BCUT2D eigenvalue weighted by Gasteiger charge is -2.01. The molecular formula is C10H12Cl2. The Balaban J connectivity index is 2.48. The molecule has 1 aromatic rings. The zero-order chi connectivity index (χ0) is 8.97. The third-order valence-corrected chi connectivity index (χ3v) is 2.21. The van der Waals surface area contributed by atoms with Gasteiger partial charge in [-0.2, -0.15) is 0 Å². The number of alkyl halides is 2. The highest BCUT2D eigenvalue weighted by Crippen LogP contribution is 2.12. The van der Waals surface area contributed by atoms with Crippen molar-refractivity contribution in [1.29, 1.82) is 0 Å². The van der Waals surface area contributed by atoms with E-state index < -0.39 is 0 Å². The van der Waals surface area contributed by atoms with Crippen LogP contribution in [-0.4, -0.2) is 4.84 Å². The molecule has 66 valence electrons. The van der Waals surface area contributed by atoms with Gasteiger partial charge in [0.05, 0.1) is 0 Å². The molecule has 0 aliphatic heterocycles. The lowest BCUT2D eigenvalue weighted by Crippen LogP contribution is -1.91. The lowest BCUT2D eigenvalue weighted by molar-refractivity contribution is 0.892. The third kappa shape index (κ3) is 3.46. The molecule has 0 radical (unpaired) electrons. The smallest absolute Gasteiger partial charge is 0.105 e. The van der Waals surface area contributed by atoms with E-state index in [0.717, 1.165) is 12.8 Å². The summed E-state index contributed by atoms with van der Waals surface area (Å²) in [6, 6.07) is 8.44. The van der Waals surface area contributed by atoms with Crippen LogP contribution in [0.1, 0.15) is 17.5 Å². The maximum Gasteiger partial charge on any atom is 0.108 e. The van der Waals surface area contributed by atoms with E-state index >= 15 is 0 Å². The van der Waals surface area contributed by atoms with Crippen LogP contribution in [0.25, 0.3) is 0 Å². The second-order valence-electron chi connectivity index (χ2n) is 2.92. The number of benzene rings is 1. The topological polar surface area (TPSA) is 0 Å². The lowest BCUT2D eigenvalue weighted by atomic mass is 10.1. The van der Waals surface area contributed by atoms with Gasteiger partial charge in [-0.15, -0.1) is 23.2 Å². The summed E-state index contributed by atoms with van der Waals surface area (Å²) in [7, 11) is 0. The fourth-order valence-corrected chi connectivity index (χ4v) is 1.25. The van der Waals surface area contributed by atoms with E-state index in [2.05, 4.69) is 31.2 Å². The highest BCUT2D eigenvalue weighted by atomic mass is 35.5. The molecule has 0 bridgehead atoms. The summed E-state index contributed by atoms with van der Waals surface area (Å²) in [5.74, 6) is 0. The molecule has 0 saturated heterocycles. The first kappa shape index (κ1) is 9.88. The summed E-state index contributed by atoms with van der Waals surface area (Å²) in [5, 5.41) is 0. The van der Waals surface area contributed by atoms with E-state index in [9.17, 15) is 0 Å². The normalized spacial score (nSPS) is 10.7. The molecule has 12 heavy (non-hydrogen) atoms. The van der Waals surface area contributed by atoms with Crippen molar-refractivity contribution in [2.24, 2.45) is 0 Å². The monoisotopic (exact) mass is 202 g/mol. The molecule has 2 heteroatoms. The van der Waals surface area contributed by atoms with Crippen molar-refractivity contribution in [2.45, 2.75) is 24.6 Å². The SMILES string of the molecule is Cc1ccc(CCC(Cl)Cl)cc1. The molecule has 0 saturated carbocycles. The molecular weight excluding hydrogens is 191 g/mol. The van der Waals surface area contributed by atoms with Gasteiger partial charge in [0.1, 0.15) is 4.84 Å². The Morgan fingerprint density at radius 1 is 1.17 bits per heavy atom. The average Bonchev–Trinajstić information content (AvgIpc) is 2.03. The van der Waals surface area contributed by atoms with Gasteiger partial charge in [-0.1, -0.05) is 29.8 Å². The maximum atomic E-state index is 5.62. The first-order valence-electron chi connectivity index (χ1n) is 4.02. The Kier molecular flexibility index (Phi) is 3.90. The first-order chi connectivity index (χ1) is 5.68. The Morgan fingerprint density at radius 3 is 2.25 bits per heavy atom. The second kappa shape index (κ2) is 4.74. The molecule has 0 aliphatic rings. The molecule has 0 spiro atoms. The molecule has 0 amide bonds. The minimum absolute atomic E-state index is 0.244. The summed E-state index contributed by atoms with van der Waals surface area (Å²) in [4.78, 5) is -0.244. The van der Waals surface area contributed by atoms with E-state index in [1.807, 2.05) is 0 Å². The minimum atomic E-state index is -0.244. The predicted molar refractivity (Wildman–Crippen MR) is 55.0 cm³/mol. The van der Waals surface area contributed by atoms with Crippen LogP contribution >= 0.6 is 23.2 Å². The van der Waals surface area contributed by atoms with E-state index in [-0.39, 0.29) is 4.84 Å². The predicted octanol–water partition coefficient (Wildman–Crippen LogP) is 3.73. The van der Waals surface area contributed by atoms with E-state index in [1.54, 1.807) is 0 Å². The summed E-state index contributed by atoms with van der Waals surface area (Å²) >= 11 is 11.2. The zero-order valence-corrected chi connectivity index (χ0v) is 8.57. The summed E-state index contributed by atoms with van der Waals surface area (Å²) in [5.41, 5.74) is 2.58. The van der Waals surface area contributed by atoms with Crippen LogP contribution in [0.15, 0.2) is 24.3 Å². The first-order valence-corrected chi connectivity index (χ1v) is 4.89. The number of hydrogen-bond donors (Lipinski definition) is 0. The van der Waals surface area contributed by atoms with Gasteiger partial charge in [-0.25, -0.2) is 0 Å². The Morgan fingerprint density at radius 2 is 1.75 bits per heavy atom. The Labute approximate surface area is 83.5 Å². The molecule has 0 aliphatic carbocycles. The van der Waals surface area contributed by atoms with Crippen LogP contribution in [-0.2, 0) is 6.42 Å². The molecule has 0 aromatic heterocycles. The average molecular weight is 203 g/mol. The van der Waals surface area contributed by atoms with Crippen LogP contribution in [0.4, 0.5) is 0 Å². The van der Waals surface area contributed by atoms with Crippen LogP contribution in [0.2, 0.25) is 0 Å². The zero-order valence-electron chi connectivity index (χ0n) is 7.06. The molecule has 0 N–H and O–H groups in total. The fourth-order valence-electron chi connectivity index (χ4n) is 1.03. The van der Waals surface area contributed by atoms with Crippen LogP contribution in [0, 0.1) is 6.92 Å². The Bertz CT molecular complexity index is 226. The van der Waals surface area contributed by atoms with Crippen molar-refractivity contribution in [3.05, 3.63) is 35.4 Å². The van der Waals surface area contributed by atoms with Gasteiger partial charge >= 0.3 is 0 Å². The third-order valence-electron chi connectivity index (χ3n) is 1.77. The largest absolute Gasteiger partial charge is 0.108 e. The van der Waals surface area contributed by atoms with Crippen molar-refractivity contribution >= 4 is 23.2 Å². The number of rotatable bonds is 3. The van der Waals surface area contributed by atoms with E-state index in [4.69, 9.17) is 23.2 Å². The Hall–Kier alpha value is -0.200. The minimum Gasteiger partial charge on any atom is -0.105 e. The molecule has 1 rings (SSSR count). The van der Waals surface area contributed by atoms with E-state index in [1.165, 1.54) is 11.1 Å². The van der Waals surface area contributed by atoms with Gasteiger partial charge in [0, 0.05) is 0 Å². The van der Waals surface area contributed by atoms with Crippen molar-refractivity contribution < 1.29 is 0 Å². The fraction of sp³-hybridized carbons (Fsp3) is 0.400. The van der Waals surface area contributed by atoms with Gasteiger partial charge < -0.3 is 0 Å². The summed E-state index contributed by atoms with van der Waals surface area (Å²) in [6.45, 7) is 2.08. The van der Waals surface area contributed by atoms with Crippen LogP contribution in [0.3, 0.4) is 0 Å². The van der Waals surface area contributed by atoms with Gasteiger partial charge in [-0.3, -0.25) is 0 Å². The molecule has 0 heterocycles. The van der Waals surface area contributed by atoms with Gasteiger partial charge in [0.25, 0.3) is 0 Å². The number of halogens is 2. The second-order valence-corrected chi connectivity index (χ2v) is 4.19. The highest BCUT2D eigenvalue weighted by Gasteiger charge is 1.99. The molecule has 0 atom stereocenters. The van der Waals surface area contributed by atoms with Gasteiger partial charge in [0.15, 0.2) is 0 Å². The maximum absolute atomic E-state index is 5.62. The van der Waals surface area contributed by atoms with E-state index in [0.29, 0.717) is 0 Å². The van der Waals surface area contributed by atoms with Crippen molar-refractivity contribution in [3.8, 4) is 0 Å². The van der Waals surface area contributed by atoms with Gasteiger partial charge in [-0.05, 0) is 25.3 Å². The molecule has 1 aromatic carbocycles. The van der Waals surface area contributed by atoms with Crippen LogP contribution < -0.4 is 0 Å². The van der Waals surface area contributed by atoms with Crippen molar-refractivity contribution in [3.63, 3.8) is 0 Å². The highest BCUT2D eigenvalue weighted by molar-refractivity contribution is 6.44. The van der Waals surface area contributed by atoms with Crippen molar-refractivity contribution in [1.82, 2.24) is 0 Å². The number of aryl methyl sites for hydroxylation is 2. The van der Waals surface area contributed by atoms with Crippen molar-refractivity contribution in [2.75, 3.05) is 0 Å². The quantitative estimate of drug-likeness (QED) is 0.656. The molecule has 0 fully saturated rings. The summed E-state index contributed by atoms with van der Waals surface area (Å²) in [6.07, 6.45) is 1.78. The summed E-state index contributed by atoms with van der Waals surface area (Å²) < 4.78 is 0. The number of hydrogen-bond acceptors (Lipinski definition) is 0. The van der Waals surface area contributed by atoms with Crippen LogP contribution in [0.5, 0.6) is 0 Å². The molecule has 0 unspecified atom stereocenters. The standard InChI is InChI=1S/C10H12Cl2/c1-8-2-4-9(5-3-8)6-7-10(11)12/h2-5,10H,6-7H2,1H3.